The highest BCUT2D eigenvalue weighted by molar-refractivity contribution is 8.00. The lowest BCUT2D eigenvalue weighted by Gasteiger charge is -2.44. The van der Waals surface area contributed by atoms with Crippen molar-refractivity contribution in [1.29, 1.82) is 0 Å². The quantitative estimate of drug-likeness (QED) is 0.786. The molecular weight excluding hydrogens is 394 g/mol. The van der Waals surface area contributed by atoms with Crippen LogP contribution >= 0.6 is 11.8 Å². The fourth-order valence-corrected chi connectivity index (χ4v) is 5.78. The van der Waals surface area contributed by atoms with Gasteiger partial charge in [0.05, 0.1) is 4.87 Å². The number of urea groups is 1. The average molecular weight is 424 g/mol. The molecule has 30 heavy (non-hydrogen) atoms. The van der Waals surface area contributed by atoms with Gasteiger partial charge in [-0.05, 0) is 43.9 Å². The number of rotatable bonds is 4. The number of carbonyl (C=O) groups excluding carboxylic acids is 2. The predicted molar refractivity (Wildman–Crippen MR) is 123 cm³/mol. The van der Waals surface area contributed by atoms with Gasteiger partial charge in [-0.15, -0.1) is 11.8 Å². The van der Waals surface area contributed by atoms with E-state index in [2.05, 4.69) is 22.3 Å². The third-order valence-electron chi connectivity index (χ3n) is 6.08. The van der Waals surface area contributed by atoms with E-state index in [1.54, 1.807) is 0 Å². The van der Waals surface area contributed by atoms with Gasteiger partial charge in [-0.25, -0.2) is 4.79 Å². The van der Waals surface area contributed by atoms with Gasteiger partial charge in [-0.2, -0.15) is 0 Å². The Labute approximate surface area is 182 Å². The number of nitrogens with zero attached hydrogens (tertiary/aromatic N) is 2. The third kappa shape index (κ3) is 4.64. The predicted octanol–water partition coefficient (Wildman–Crippen LogP) is 4.53. The molecule has 2 saturated heterocycles. The highest BCUT2D eigenvalue weighted by atomic mass is 32.2. The molecule has 0 radical (unpaired) electrons. The number of thioether (sulfide) groups is 1. The summed E-state index contributed by atoms with van der Waals surface area (Å²) in [6.45, 7) is 4.19. The molecule has 0 bridgehead atoms. The molecule has 4 rings (SSSR count). The summed E-state index contributed by atoms with van der Waals surface area (Å²) in [6, 6.07) is 18.0. The summed E-state index contributed by atoms with van der Waals surface area (Å²) in [5.74, 6) is 1.22. The Morgan fingerprint density at radius 1 is 1.00 bits per heavy atom. The lowest BCUT2D eigenvalue weighted by Crippen LogP contribution is -2.54. The first-order valence-electron chi connectivity index (χ1n) is 10.7. The van der Waals surface area contributed by atoms with E-state index in [9.17, 15) is 9.59 Å². The summed E-state index contributed by atoms with van der Waals surface area (Å²) in [5, 5.41) is 2.99. The van der Waals surface area contributed by atoms with Gasteiger partial charge >= 0.3 is 6.03 Å². The second kappa shape index (κ2) is 9.13. The van der Waals surface area contributed by atoms with E-state index in [0.29, 0.717) is 19.5 Å². The van der Waals surface area contributed by atoms with Gasteiger partial charge < -0.3 is 15.1 Å². The maximum atomic E-state index is 13.0. The molecule has 158 valence electrons. The Morgan fingerprint density at radius 3 is 2.40 bits per heavy atom. The van der Waals surface area contributed by atoms with E-state index < -0.39 is 0 Å². The van der Waals surface area contributed by atoms with Crippen LogP contribution in [0.5, 0.6) is 0 Å². The Morgan fingerprint density at radius 2 is 1.70 bits per heavy atom. The molecule has 2 aliphatic heterocycles. The molecule has 2 aliphatic rings. The molecule has 2 heterocycles. The van der Waals surface area contributed by atoms with Crippen molar-refractivity contribution in [1.82, 2.24) is 9.80 Å². The fourth-order valence-electron chi connectivity index (χ4n) is 4.30. The first-order chi connectivity index (χ1) is 14.6. The molecule has 0 aromatic heterocycles. The topological polar surface area (TPSA) is 52.7 Å². The van der Waals surface area contributed by atoms with E-state index >= 15 is 0 Å². The smallest absolute Gasteiger partial charge is 0.321 e. The van der Waals surface area contributed by atoms with E-state index in [-0.39, 0.29) is 16.8 Å². The third-order valence-corrected chi connectivity index (χ3v) is 7.64. The summed E-state index contributed by atoms with van der Waals surface area (Å²) >= 11 is 1.89. The van der Waals surface area contributed by atoms with Crippen molar-refractivity contribution in [3.63, 3.8) is 0 Å². The number of piperidine rings is 1. The van der Waals surface area contributed by atoms with Crippen molar-refractivity contribution >= 4 is 29.4 Å². The summed E-state index contributed by atoms with van der Waals surface area (Å²) in [6.07, 6.45) is 2.98. The van der Waals surface area contributed by atoms with Gasteiger partial charge in [0.25, 0.3) is 0 Å². The maximum Gasteiger partial charge on any atom is 0.321 e. The largest absolute Gasteiger partial charge is 0.327 e. The van der Waals surface area contributed by atoms with Gasteiger partial charge in [0.1, 0.15) is 0 Å². The Hall–Kier alpha value is -2.47. The van der Waals surface area contributed by atoms with Crippen LogP contribution in [0.1, 0.15) is 30.4 Å². The van der Waals surface area contributed by atoms with Crippen LogP contribution in [0.2, 0.25) is 0 Å². The number of likely N-dealkylation sites (tertiary alicyclic amines) is 1. The van der Waals surface area contributed by atoms with Crippen LogP contribution in [-0.4, -0.2) is 52.0 Å². The molecule has 2 aromatic carbocycles. The van der Waals surface area contributed by atoms with Crippen LogP contribution in [-0.2, 0) is 11.2 Å². The molecule has 0 aliphatic carbocycles. The van der Waals surface area contributed by atoms with E-state index in [4.69, 9.17) is 0 Å². The van der Waals surface area contributed by atoms with E-state index in [0.717, 1.165) is 37.2 Å². The molecule has 1 spiro atoms. The monoisotopic (exact) mass is 423 g/mol. The Balaban J connectivity index is 1.32. The van der Waals surface area contributed by atoms with Crippen molar-refractivity contribution < 1.29 is 9.59 Å². The maximum absolute atomic E-state index is 13.0. The summed E-state index contributed by atoms with van der Waals surface area (Å²) in [7, 11) is 0. The molecule has 2 fully saturated rings. The number of anilines is 1. The van der Waals surface area contributed by atoms with Crippen LogP contribution in [0.25, 0.3) is 0 Å². The molecule has 1 N–H and O–H groups in total. The number of hydrogen-bond acceptors (Lipinski definition) is 3. The second-order valence-electron chi connectivity index (χ2n) is 8.11. The number of carbonyl (C=O) groups is 2. The van der Waals surface area contributed by atoms with Crippen LogP contribution < -0.4 is 5.32 Å². The van der Waals surface area contributed by atoms with Crippen LogP contribution in [0.4, 0.5) is 10.5 Å². The first kappa shape index (κ1) is 20.8. The Bertz CT molecular complexity index is 877. The lowest BCUT2D eigenvalue weighted by molar-refractivity contribution is -0.134. The van der Waals surface area contributed by atoms with Crippen molar-refractivity contribution in [2.75, 3.05) is 30.7 Å². The molecule has 0 saturated carbocycles. The zero-order chi connectivity index (χ0) is 21.0. The van der Waals surface area contributed by atoms with Crippen molar-refractivity contribution in [3.05, 3.63) is 65.7 Å². The summed E-state index contributed by atoms with van der Waals surface area (Å²) in [5.41, 5.74) is 3.19. The first-order valence-corrected chi connectivity index (χ1v) is 11.7. The standard InChI is InChI=1S/C24H29N3O2S/c1-19-7-10-21(11-8-19)25-23(29)26-15-13-24(14-16-26)27(17-18-30-24)22(28)12-9-20-5-3-2-4-6-20/h2-8,10-11H,9,12-18H2,1H3,(H,25,29). The molecule has 2 aromatic rings. The normalized spacial score (nSPS) is 17.9. The number of hydrogen-bond donors (Lipinski definition) is 1. The van der Waals surface area contributed by atoms with Crippen molar-refractivity contribution in [2.24, 2.45) is 0 Å². The van der Waals surface area contributed by atoms with E-state index in [1.807, 2.05) is 66.1 Å². The van der Waals surface area contributed by atoms with Crippen molar-refractivity contribution in [3.8, 4) is 0 Å². The van der Waals surface area contributed by atoms with Gasteiger partial charge in [-0.1, -0.05) is 48.0 Å². The van der Waals surface area contributed by atoms with Crippen LogP contribution in [0.3, 0.4) is 0 Å². The minimum absolute atomic E-state index is 0.0568. The van der Waals surface area contributed by atoms with Crippen molar-refractivity contribution in [2.45, 2.75) is 37.5 Å². The molecule has 3 amide bonds. The zero-order valence-electron chi connectivity index (χ0n) is 17.5. The summed E-state index contributed by atoms with van der Waals surface area (Å²) in [4.78, 5) is 29.5. The second-order valence-corrected chi connectivity index (χ2v) is 9.57. The average Bonchev–Trinajstić information content (AvgIpc) is 3.18. The summed E-state index contributed by atoms with van der Waals surface area (Å²) < 4.78 is 0. The van der Waals surface area contributed by atoms with Crippen LogP contribution in [0, 0.1) is 6.92 Å². The van der Waals surface area contributed by atoms with Gasteiger partial charge in [0, 0.05) is 37.5 Å². The zero-order valence-corrected chi connectivity index (χ0v) is 18.3. The van der Waals surface area contributed by atoms with E-state index in [1.165, 1.54) is 11.1 Å². The highest BCUT2D eigenvalue weighted by Gasteiger charge is 2.46. The van der Waals surface area contributed by atoms with Gasteiger partial charge in [0.15, 0.2) is 0 Å². The molecule has 6 heteroatoms. The lowest BCUT2D eigenvalue weighted by atomic mass is 10.0. The SMILES string of the molecule is Cc1ccc(NC(=O)N2CCC3(CC2)SCCN3C(=O)CCc2ccccc2)cc1. The minimum Gasteiger partial charge on any atom is -0.327 e. The highest BCUT2D eigenvalue weighted by Crippen LogP contribution is 2.44. The number of amides is 3. The number of nitrogens with one attached hydrogen (secondary N) is 1. The van der Waals surface area contributed by atoms with Gasteiger partial charge in [-0.3, -0.25) is 4.79 Å². The molecule has 0 unspecified atom stereocenters. The van der Waals surface area contributed by atoms with Crippen LogP contribution in [0.15, 0.2) is 54.6 Å². The fraction of sp³-hybridized carbons (Fsp3) is 0.417. The Kier molecular flexibility index (Phi) is 6.32. The number of benzene rings is 2. The molecular formula is C24H29N3O2S. The molecule has 5 nitrogen and oxygen atoms in total. The number of aryl methyl sites for hydroxylation is 2. The van der Waals surface area contributed by atoms with Gasteiger partial charge in [0.2, 0.25) is 5.91 Å². The molecule has 0 atom stereocenters. The minimum atomic E-state index is -0.144.